The van der Waals surface area contributed by atoms with E-state index in [-0.39, 0.29) is 24.2 Å². The number of hydrogen-bond donors (Lipinski definition) is 1. The zero-order valence-corrected chi connectivity index (χ0v) is 16.4. The van der Waals surface area contributed by atoms with Gasteiger partial charge in [-0.2, -0.15) is 0 Å². The fourth-order valence-corrected chi connectivity index (χ4v) is 5.10. The molecule has 0 bridgehead atoms. The molecule has 1 aliphatic rings. The summed E-state index contributed by atoms with van der Waals surface area (Å²) in [6.45, 7) is 9.49. The quantitative estimate of drug-likeness (QED) is 0.801. The van der Waals surface area contributed by atoms with Gasteiger partial charge in [-0.25, -0.2) is 4.79 Å². The van der Waals surface area contributed by atoms with E-state index < -0.39 is 19.3 Å². The molecule has 1 heterocycles. The molecule has 2 rings (SSSR count). The van der Waals surface area contributed by atoms with E-state index in [9.17, 15) is 9.36 Å². The highest BCUT2D eigenvalue weighted by atomic mass is 31.2. The molecule has 0 aromatic heterocycles. The molecule has 0 saturated carbocycles. The number of nitrogens with one attached hydrogen (secondary N) is 1. The van der Waals surface area contributed by atoms with E-state index in [4.69, 9.17) is 13.8 Å². The van der Waals surface area contributed by atoms with E-state index >= 15 is 0 Å². The van der Waals surface area contributed by atoms with Crippen molar-refractivity contribution in [3.05, 3.63) is 35.9 Å². The highest BCUT2D eigenvalue weighted by Gasteiger charge is 2.47. The molecule has 7 heteroatoms. The Morgan fingerprint density at radius 3 is 2.52 bits per heavy atom. The molecule has 1 fully saturated rings. The van der Waals surface area contributed by atoms with Crippen LogP contribution in [0, 0.1) is 0 Å². The molecule has 0 aliphatic carbocycles. The van der Waals surface area contributed by atoms with Gasteiger partial charge in [0, 0.05) is 5.92 Å². The lowest BCUT2D eigenvalue weighted by Crippen LogP contribution is -2.49. The highest BCUT2D eigenvalue weighted by molar-refractivity contribution is 7.54. The van der Waals surface area contributed by atoms with Crippen molar-refractivity contribution in [1.82, 2.24) is 5.32 Å². The topological polar surface area (TPSA) is 73.9 Å². The summed E-state index contributed by atoms with van der Waals surface area (Å²) in [6, 6.07) is 9.35. The number of carbonyl (C=O) groups is 1. The van der Waals surface area contributed by atoms with Crippen molar-refractivity contribution in [2.24, 2.45) is 0 Å². The van der Waals surface area contributed by atoms with Crippen molar-refractivity contribution in [2.45, 2.75) is 57.8 Å². The summed E-state index contributed by atoms with van der Waals surface area (Å²) < 4.78 is 29.4. The Balaban J connectivity index is 2.26. The van der Waals surface area contributed by atoms with Crippen molar-refractivity contribution >= 4 is 13.7 Å². The number of alkyl carbamates (subject to hydrolysis) is 1. The third-order valence-corrected chi connectivity index (χ3v) is 6.53. The molecule has 25 heavy (non-hydrogen) atoms. The van der Waals surface area contributed by atoms with Crippen LogP contribution >= 0.6 is 7.60 Å². The summed E-state index contributed by atoms with van der Waals surface area (Å²) in [5, 5.41) is 2.87. The Morgan fingerprint density at radius 1 is 1.32 bits per heavy atom. The van der Waals surface area contributed by atoms with Crippen molar-refractivity contribution < 1.29 is 23.1 Å². The maximum atomic E-state index is 13.0. The third kappa shape index (κ3) is 5.06. The molecular formula is C18H28NO5P. The number of benzene rings is 1. The van der Waals surface area contributed by atoms with Crippen LogP contribution in [0.2, 0.25) is 0 Å². The average molecular weight is 369 g/mol. The van der Waals surface area contributed by atoms with Gasteiger partial charge in [0.05, 0.1) is 24.9 Å². The van der Waals surface area contributed by atoms with Crippen LogP contribution in [-0.4, -0.2) is 36.6 Å². The van der Waals surface area contributed by atoms with Gasteiger partial charge < -0.3 is 19.1 Å². The summed E-state index contributed by atoms with van der Waals surface area (Å²) in [7, 11) is -3.24. The Morgan fingerprint density at radius 2 is 1.96 bits per heavy atom. The monoisotopic (exact) mass is 369 g/mol. The number of hydrogen-bond acceptors (Lipinski definition) is 5. The fraction of sp³-hybridized carbons (Fsp3) is 0.611. The van der Waals surface area contributed by atoms with Gasteiger partial charge in [-0.05, 0) is 33.3 Å². The van der Waals surface area contributed by atoms with Gasteiger partial charge in [0.1, 0.15) is 5.60 Å². The third-order valence-electron chi connectivity index (χ3n) is 4.08. The molecule has 1 aromatic carbocycles. The maximum absolute atomic E-state index is 13.0. The van der Waals surface area contributed by atoms with Crippen LogP contribution in [0.4, 0.5) is 4.79 Å². The first-order valence-corrected chi connectivity index (χ1v) is 10.2. The largest absolute Gasteiger partial charge is 0.444 e. The molecule has 1 saturated heterocycles. The zero-order valence-electron chi connectivity index (χ0n) is 15.5. The summed E-state index contributed by atoms with van der Waals surface area (Å²) in [6.07, 6.45) is -0.512. The molecule has 6 nitrogen and oxygen atoms in total. The first kappa shape index (κ1) is 20.0. The minimum atomic E-state index is -3.24. The predicted molar refractivity (Wildman–Crippen MR) is 97.0 cm³/mol. The van der Waals surface area contributed by atoms with Crippen LogP contribution in [0.25, 0.3) is 0 Å². The van der Waals surface area contributed by atoms with Gasteiger partial charge in [0.25, 0.3) is 0 Å². The van der Waals surface area contributed by atoms with Gasteiger partial charge in [-0.1, -0.05) is 37.3 Å². The lowest BCUT2D eigenvalue weighted by atomic mass is 9.89. The van der Waals surface area contributed by atoms with Crippen LogP contribution in [0.3, 0.4) is 0 Å². The van der Waals surface area contributed by atoms with E-state index in [1.54, 1.807) is 6.92 Å². The molecule has 1 amide bonds. The molecule has 1 aromatic rings. The number of carbonyl (C=O) groups excluding carboxylic acids is 1. The lowest BCUT2D eigenvalue weighted by molar-refractivity contribution is 0.0451. The van der Waals surface area contributed by atoms with E-state index in [1.165, 1.54) is 0 Å². The van der Waals surface area contributed by atoms with Crippen LogP contribution in [0.5, 0.6) is 0 Å². The first-order valence-electron chi connectivity index (χ1n) is 8.59. The predicted octanol–water partition coefficient (Wildman–Crippen LogP) is 4.31. The molecule has 1 unspecified atom stereocenters. The Kier molecular flexibility index (Phi) is 6.30. The normalized spacial score (nSPS) is 29.9. The highest BCUT2D eigenvalue weighted by Crippen LogP contribution is 2.60. The second-order valence-electron chi connectivity index (χ2n) is 7.18. The van der Waals surface area contributed by atoms with Crippen LogP contribution in [0.1, 0.15) is 46.1 Å². The van der Waals surface area contributed by atoms with Crippen LogP contribution in [0.15, 0.2) is 30.3 Å². The van der Waals surface area contributed by atoms with Gasteiger partial charge in [0.15, 0.2) is 0 Å². The van der Waals surface area contributed by atoms with E-state index in [0.29, 0.717) is 6.61 Å². The molecule has 0 spiro atoms. The summed E-state index contributed by atoms with van der Waals surface area (Å²) in [5.74, 6) is -0.195. The van der Waals surface area contributed by atoms with E-state index in [2.05, 4.69) is 5.32 Å². The molecular weight excluding hydrogens is 341 g/mol. The summed E-state index contributed by atoms with van der Waals surface area (Å²) in [5.41, 5.74) is 0.0106. The van der Waals surface area contributed by atoms with Crippen molar-refractivity contribution in [3.8, 4) is 0 Å². The zero-order chi connectivity index (χ0) is 18.7. The Labute approximate surface area is 149 Å². The second-order valence-corrected chi connectivity index (χ2v) is 9.59. The van der Waals surface area contributed by atoms with Crippen LogP contribution < -0.4 is 5.32 Å². The number of rotatable bonds is 4. The maximum Gasteiger partial charge on any atom is 0.407 e. The Bertz CT molecular complexity index is 628. The van der Waals surface area contributed by atoms with Gasteiger partial charge >= 0.3 is 13.7 Å². The smallest absolute Gasteiger partial charge is 0.407 e. The van der Waals surface area contributed by atoms with Gasteiger partial charge in [-0.15, -0.1) is 0 Å². The summed E-state index contributed by atoms with van der Waals surface area (Å²) >= 11 is 0. The second kappa shape index (κ2) is 7.90. The first-order chi connectivity index (χ1) is 11.7. The minimum absolute atomic E-state index is 0.112. The Hall–Kier alpha value is -1.36. The van der Waals surface area contributed by atoms with Gasteiger partial charge in [0.2, 0.25) is 0 Å². The fourth-order valence-electron chi connectivity index (χ4n) is 3.05. The van der Waals surface area contributed by atoms with Crippen molar-refractivity contribution in [3.63, 3.8) is 0 Å². The number of ether oxygens (including phenoxy) is 1. The molecule has 1 N–H and O–H groups in total. The SMILES string of the molecule is CCOP1(=O)OC[C@@H](NC(=O)OC(C)(C)C)[C@H](c2ccccc2)[C@@H]1C. The molecule has 0 radical (unpaired) electrons. The van der Waals surface area contributed by atoms with Crippen molar-refractivity contribution in [2.75, 3.05) is 13.2 Å². The molecule has 1 aliphatic heterocycles. The molecule has 4 atom stereocenters. The van der Waals surface area contributed by atoms with Crippen LogP contribution in [-0.2, 0) is 18.3 Å². The minimum Gasteiger partial charge on any atom is -0.444 e. The van der Waals surface area contributed by atoms with E-state index in [1.807, 2.05) is 58.0 Å². The average Bonchev–Trinajstić information content (AvgIpc) is 2.51. The number of amides is 1. The van der Waals surface area contributed by atoms with Gasteiger partial charge in [-0.3, -0.25) is 4.57 Å². The standard InChI is InChI=1S/C18H28NO5P/c1-6-22-25(21)13(2)16(14-10-8-7-9-11-14)15(12-23-25)19-17(20)24-18(3,4)5/h7-11,13,15-16H,6,12H2,1-5H3,(H,19,20)/t13-,15+,16-,25?/m0/s1. The summed E-state index contributed by atoms with van der Waals surface area (Å²) in [4.78, 5) is 12.2. The van der Waals surface area contributed by atoms with Crippen molar-refractivity contribution in [1.29, 1.82) is 0 Å². The van der Waals surface area contributed by atoms with E-state index in [0.717, 1.165) is 5.56 Å². The lowest BCUT2D eigenvalue weighted by Gasteiger charge is -2.41. The molecule has 140 valence electrons.